The van der Waals surface area contributed by atoms with Gasteiger partial charge in [0.05, 0.1) is 0 Å². The molecule has 0 saturated heterocycles. The third-order valence-corrected chi connectivity index (χ3v) is 2.32. The normalized spacial score (nSPS) is 10.8. The fourth-order valence-corrected chi connectivity index (χ4v) is 1.60. The van der Waals surface area contributed by atoms with Gasteiger partial charge in [-0.25, -0.2) is 9.97 Å². The van der Waals surface area contributed by atoms with E-state index in [1.807, 2.05) is 6.92 Å². The lowest BCUT2D eigenvalue weighted by atomic mass is 10.3. The van der Waals surface area contributed by atoms with E-state index in [2.05, 4.69) is 28.7 Å². The molecule has 1 heterocycles. The van der Waals surface area contributed by atoms with Gasteiger partial charge >= 0.3 is 0 Å². The molecule has 5 nitrogen and oxygen atoms in total. The maximum atomic E-state index is 8.87. The third-order valence-electron chi connectivity index (χ3n) is 2.32. The summed E-state index contributed by atoms with van der Waals surface area (Å²) in [6.45, 7) is 6.95. The average molecular weight is 224 g/mol. The van der Waals surface area contributed by atoms with E-state index in [1.165, 1.54) is 0 Å². The summed E-state index contributed by atoms with van der Waals surface area (Å²) in [6, 6.07) is 2.09. The highest BCUT2D eigenvalue weighted by molar-refractivity contribution is 5.47. The Kier molecular flexibility index (Phi) is 4.49. The topological polar surface area (TPSA) is 75.3 Å². The molecule has 0 saturated carbocycles. The lowest BCUT2D eigenvalue weighted by Gasteiger charge is -2.27. The highest BCUT2D eigenvalue weighted by atomic mass is 16.3. The minimum atomic E-state index is 0.183. The van der Waals surface area contributed by atoms with Crippen LogP contribution in [0.1, 0.15) is 26.1 Å². The number of aliphatic hydroxyl groups excluding tert-OH is 1. The van der Waals surface area contributed by atoms with Gasteiger partial charge in [0, 0.05) is 25.3 Å². The third kappa shape index (κ3) is 3.34. The lowest BCUT2D eigenvalue weighted by Crippen LogP contribution is -2.33. The van der Waals surface area contributed by atoms with Gasteiger partial charge in [0.25, 0.3) is 0 Å². The van der Waals surface area contributed by atoms with Crippen LogP contribution in [0.25, 0.3) is 0 Å². The smallest absolute Gasteiger partial charge is 0.134 e. The van der Waals surface area contributed by atoms with Crippen LogP contribution >= 0.6 is 0 Å². The number of aryl methyl sites for hydroxylation is 1. The second-order valence-electron chi connectivity index (χ2n) is 4.06. The summed E-state index contributed by atoms with van der Waals surface area (Å²) in [5.41, 5.74) is 5.70. The van der Waals surface area contributed by atoms with Crippen molar-refractivity contribution in [1.29, 1.82) is 0 Å². The Morgan fingerprint density at radius 2 is 2.12 bits per heavy atom. The summed E-state index contributed by atoms with van der Waals surface area (Å²) in [5.74, 6) is 1.98. The zero-order chi connectivity index (χ0) is 12.1. The molecule has 1 aromatic rings. The molecule has 5 heteroatoms. The molecule has 0 bridgehead atoms. The number of nitrogen functional groups attached to an aromatic ring is 1. The number of aliphatic hydroxyl groups is 1. The van der Waals surface area contributed by atoms with Gasteiger partial charge in [-0.2, -0.15) is 0 Å². The van der Waals surface area contributed by atoms with Crippen LogP contribution in [-0.4, -0.2) is 34.3 Å². The Bertz CT molecular complexity index is 321. The van der Waals surface area contributed by atoms with Crippen LogP contribution in [0.5, 0.6) is 0 Å². The number of anilines is 2. The van der Waals surface area contributed by atoms with Gasteiger partial charge < -0.3 is 15.7 Å². The molecule has 0 amide bonds. The summed E-state index contributed by atoms with van der Waals surface area (Å²) < 4.78 is 0. The van der Waals surface area contributed by atoms with Crippen molar-refractivity contribution in [3.8, 4) is 0 Å². The second-order valence-corrected chi connectivity index (χ2v) is 4.06. The second kappa shape index (κ2) is 5.65. The highest BCUT2D eigenvalue weighted by Crippen LogP contribution is 2.16. The summed E-state index contributed by atoms with van der Waals surface area (Å²) >= 11 is 0. The van der Waals surface area contributed by atoms with E-state index >= 15 is 0 Å². The monoisotopic (exact) mass is 224 g/mol. The number of nitrogens with zero attached hydrogens (tertiary/aromatic N) is 3. The fraction of sp³-hybridized carbons (Fsp3) is 0.636. The molecule has 0 aromatic carbocycles. The summed E-state index contributed by atoms with van der Waals surface area (Å²) in [4.78, 5) is 10.5. The molecular formula is C11H20N4O. The lowest BCUT2D eigenvalue weighted by molar-refractivity contribution is 0.288. The van der Waals surface area contributed by atoms with Crippen molar-refractivity contribution in [2.45, 2.75) is 33.2 Å². The molecule has 90 valence electrons. The van der Waals surface area contributed by atoms with Crippen molar-refractivity contribution in [3.05, 3.63) is 11.9 Å². The van der Waals surface area contributed by atoms with E-state index in [1.54, 1.807) is 6.07 Å². The largest absolute Gasteiger partial charge is 0.396 e. The molecule has 0 unspecified atom stereocenters. The van der Waals surface area contributed by atoms with E-state index in [0.717, 1.165) is 18.8 Å². The summed E-state index contributed by atoms with van der Waals surface area (Å²) in [6.07, 6.45) is 0.723. The van der Waals surface area contributed by atoms with E-state index in [4.69, 9.17) is 10.8 Å². The van der Waals surface area contributed by atoms with E-state index in [0.29, 0.717) is 17.7 Å². The first-order chi connectivity index (χ1) is 7.54. The molecular weight excluding hydrogens is 204 g/mol. The molecule has 0 aliphatic rings. The number of hydrogen-bond acceptors (Lipinski definition) is 5. The van der Waals surface area contributed by atoms with E-state index in [-0.39, 0.29) is 6.61 Å². The van der Waals surface area contributed by atoms with Crippen molar-refractivity contribution in [1.82, 2.24) is 9.97 Å². The molecule has 1 aromatic heterocycles. The van der Waals surface area contributed by atoms with Gasteiger partial charge in [0.15, 0.2) is 0 Å². The maximum absolute atomic E-state index is 8.87. The van der Waals surface area contributed by atoms with Crippen LogP contribution in [0.15, 0.2) is 6.07 Å². The Hall–Kier alpha value is -1.36. The molecule has 3 N–H and O–H groups in total. The first-order valence-electron chi connectivity index (χ1n) is 5.53. The van der Waals surface area contributed by atoms with Gasteiger partial charge in [0.1, 0.15) is 17.5 Å². The van der Waals surface area contributed by atoms with Crippen LogP contribution in [-0.2, 0) is 0 Å². The predicted molar refractivity (Wildman–Crippen MR) is 65.4 cm³/mol. The van der Waals surface area contributed by atoms with Gasteiger partial charge in [-0.15, -0.1) is 0 Å². The SMILES string of the molecule is Cc1nc(N)cc(N(CCCO)C(C)C)n1. The molecule has 0 atom stereocenters. The van der Waals surface area contributed by atoms with Gasteiger partial charge in [-0.1, -0.05) is 0 Å². The van der Waals surface area contributed by atoms with Crippen molar-refractivity contribution in [3.63, 3.8) is 0 Å². The van der Waals surface area contributed by atoms with Crippen molar-refractivity contribution in [2.75, 3.05) is 23.8 Å². The van der Waals surface area contributed by atoms with Crippen molar-refractivity contribution in [2.24, 2.45) is 0 Å². The molecule has 0 aliphatic heterocycles. The Balaban J connectivity index is 2.91. The molecule has 1 rings (SSSR count). The summed E-state index contributed by atoms with van der Waals surface area (Å²) in [5, 5.41) is 8.87. The zero-order valence-electron chi connectivity index (χ0n) is 10.1. The van der Waals surface area contributed by atoms with E-state index in [9.17, 15) is 0 Å². The number of nitrogens with two attached hydrogens (primary N) is 1. The standard InChI is InChI=1S/C11H20N4O/c1-8(2)15(5-4-6-16)11-7-10(12)13-9(3)14-11/h7-8,16H,4-6H2,1-3H3,(H2,12,13,14). The predicted octanol–water partition coefficient (Wildman–Crippen LogP) is 0.964. The van der Waals surface area contributed by atoms with Gasteiger partial charge in [-0.3, -0.25) is 0 Å². The number of aromatic nitrogens is 2. The van der Waals surface area contributed by atoms with Crippen LogP contribution in [0.2, 0.25) is 0 Å². The minimum Gasteiger partial charge on any atom is -0.396 e. The average Bonchev–Trinajstić information content (AvgIpc) is 2.16. The summed E-state index contributed by atoms with van der Waals surface area (Å²) in [7, 11) is 0. The van der Waals surface area contributed by atoms with Crippen LogP contribution in [0, 0.1) is 6.92 Å². The van der Waals surface area contributed by atoms with Crippen LogP contribution in [0.4, 0.5) is 11.6 Å². The highest BCUT2D eigenvalue weighted by Gasteiger charge is 2.12. The van der Waals surface area contributed by atoms with Crippen LogP contribution < -0.4 is 10.6 Å². The Labute approximate surface area is 96.3 Å². The van der Waals surface area contributed by atoms with Crippen molar-refractivity contribution >= 4 is 11.6 Å². The molecule has 16 heavy (non-hydrogen) atoms. The molecule has 0 spiro atoms. The van der Waals surface area contributed by atoms with E-state index < -0.39 is 0 Å². The van der Waals surface area contributed by atoms with Crippen molar-refractivity contribution < 1.29 is 5.11 Å². The molecule has 0 fully saturated rings. The fourth-order valence-electron chi connectivity index (χ4n) is 1.60. The Morgan fingerprint density at radius 3 is 2.62 bits per heavy atom. The van der Waals surface area contributed by atoms with Gasteiger partial charge in [0.2, 0.25) is 0 Å². The number of rotatable bonds is 5. The first kappa shape index (κ1) is 12.7. The molecule has 0 radical (unpaired) electrons. The quantitative estimate of drug-likeness (QED) is 0.779. The van der Waals surface area contributed by atoms with Crippen LogP contribution in [0.3, 0.4) is 0 Å². The Morgan fingerprint density at radius 1 is 1.44 bits per heavy atom. The first-order valence-corrected chi connectivity index (χ1v) is 5.53. The number of hydrogen-bond donors (Lipinski definition) is 2. The maximum Gasteiger partial charge on any atom is 0.134 e. The van der Waals surface area contributed by atoms with Gasteiger partial charge in [-0.05, 0) is 27.2 Å². The molecule has 0 aliphatic carbocycles. The zero-order valence-corrected chi connectivity index (χ0v) is 10.1. The minimum absolute atomic E-state index is 0.183.